The van der Waals surface area contributed by atoms with E-state index >= 15 is 0 Å². The number of rotatable bonds is 4. The number of hydrogen-bond donors (Lipinski definition) is 3. The minimum atomic E-state index is -1.18. The minimum Gasteiger partial charge on any atom is -0.478 e. The topological polar surface area (TPSA) is 87.7 Å². The molecule has 0 saturated carbocycles. The first kappa shape index (κ1) is 15.2. The molecule has 2 amide bonds. The monoisotopic (exact) mass is 296 g/mol. The Hall–Kier alpha value is -2.15. The minimum absolute atomic E-state index is 0.0809. The molecule has 2 unspecified atom stereocenters. The van der Waals surface area contributed by atoms with Crippen LogP contribution in [0, 0.1) is 11.7 Å². The molecule has 1 saturated heterocycles. The van der Waals surface area contributed by atoms with E-state index in [4.69, 9.17) is 9.84 Å². The number of hydrogen-bond acceptors (Lipinski definition) is 3. The Kier molecular flexibility index (Phi) is 4.74. The fourth-order valence-corrected chi connectivity index (χ4v) is 2.19. The summed E-state index contributed by atoms with van der Waals surface area (Å²) in [7, 11) is 0. The molecule has 6 nitrogen and oxygen atoms in total. The number of benzene rings is 1. The Morgan fingerprint density at radius 3 is 2.86 bits per heavy atom. The standard InChI is InChI=1S/C14H17FN2O4/c1-8-10(4-5-21-8)7-16-14(20)17-12-6-9(13(18)19)2-3-11(12)15/h2-3,6,8,10H,4-5,7H2,1H3,(H,18,19)(H2,16,17,20). The molecule has 0 spiro atoms. The van der Waals surface area contributed by atoms with Crippen LogP contribution in [0.1, 0.15) is 23.7 Å². The SMILES string of the molecule is CC1OCCC1CNC(=O)Nc1cc(C(=O)O)ccc1F. The fraction of sp³-hybridized carbons (Fsp3) is 0.429. The van der Waals surface area contributed by atoms with Crippen molar-refractivity contribution in [3.05, 3.63) is 29.6 Å². The number of anilines is 1. The van der Waals surface area contributed by atoms with Crippen molar-refractivity contribution in [1.29, 1.82) is 0 Å². The highest BCUT2D eigenvalue weighted by Crippen LogP contribution is 2.19. The van der Waals surface area contributed by atoms with E-state index in [9.17, 15) is 14.0 Å². The molecule has 1 aliphatic heterocycles. The van der Waals surface area contributed by atoms with Gasteiger partial charge in [0.25, 0.3) is 0 Å². The van der Waals surface area contributed by atoms with Crippen LogP contribution in [0.5, 0.6) is 0 Å². The van der Waals surface area contributed by atoms with Crippen molar-refractivity contribution in [1.82, 2.24) is 5.32 Å². The van der Waals surface area contributed by atoms with Crippen LogP contribution in [0.25, 0.3) is 0 Å². The lowest BCUT2D eigenvalue weighted by molar-refractivity contribution is 0.0696. The van der Waals surface area contributed by atoms with Crippen molar-refractivity contribution in [2.45, 2.75) is 19.4 Å². The van der Waals surface area contributed by atoms with Crippen LogP contribution >= 0.6 is 0 Å². The second kappa shape index (κ2) is 6.53. The number of carboxylic acids is 1. The molecular weight excluding hydrogens is 279 g/mol. The number of carboxylic acid groups (broad SMARTS) is 1. The molecule has 0 aromatic heterocycles. The van der Waals surface area contributed by atoms with Gasteiger partial charge in [0.1, 0.15) is 5.82 Å². The van der Waals surface area contributed by atoms with Crippen molar-refractivity contribution in [3.8, 4) is 0 Å². The largest absolute Gasteiger partial charge is 0.478 e. The van der Waals surface area contributed by atoms with Gasteiger partial charge < -0.3 is 20.5 Å². The van der Waals surface area contributed by atoms with E-state index in [1.165, 1.54) is 0 Å². The first-order valence-corrected chi connectivity index (χ1v) is 6.66. The average molecular weight is 296 g/mol. The zero-order valence-electron chi connectivity index (χ0n) is 11.6. The van der Waals surface area contributed by atoms with E-state index < -0.39 is 17.8 Å². The van der Waals surface area contributed by atoms with E-state index in [-0.39, 0.29) is 23.3 Å². The van der Waals surface area contributed by atoms with Crippen LogP contribution in [-0.4, -0.2) is 36.4 Å². The van der Waals surface area contributed by atoms with Gasteiger partial charge in [0.15, 0.2) is 0 Å². The van der Waals surface area contributed by atoms with Crippen LogP contribution in [-0.2, 0) is 4.74 Å². The zero-order valence-corrected chi connectivity index (χ0v) is 11.6. The number of halogens is 1. The van der Waals surface area contributed by atoms with Gasteiger partial charge in [-0.1, -0.05) is 0 Å². The van der Waals surface area contributed by atoms with Crippen LogP contribution in [0.4, 0.5) is 14.9 Å². The Labute approximate surface area is 121 Å². The van der Waals surface area contributed by atoms with Gasteiger partial charge in [-0.25, -0.2) is 14.0 Å². The third-order valence-corrected chi connectivity index (χ3v) is 3.52. The maximum atomic E-state index is 13.5. The van der Waals surface area contributed by atoms with Crippen molar-refractivity contribution >= 4 is 17.7 Å². The number of ether oxygens (including phenoxy) is 1. The van der Waals surface area contributed by atoms with E-state index in [2.05, 4.69) is 10.6 Å². The highest BCUT2D eigenvalue weighted by molar-refractivity contribution is 5.93. The van der Waals surface area contributed by atoms with Gasteiger partial charge in [-0.05, 0) is 31.5 Å². The van der Waals surface area contributed by atoms with E-state index in [0.717, 1.165) is 24.6 Å². The Bertz CT molecular complexity index is 550. The number of aromatic carboxylic acids is 1. The first-order chi connectivity index (χ1) is 9.97. The molecular formula is C14H17FN2O4. The highest BCUT2D eigenvalue weighted by Gasteiger charge is 2.24. The number of nitrogens with one attached hydrogen (secondary N) is 2. The lowest BCUT2D eigenvalue weighted by atomic mass is 10.0. The molecule has 0 aliphatic carbocycles. The maximum Gasteiger partial charge on any atom is 0.335 e. The van der Waals surface area contributed by atoms with Crippen LogP contribution in [0.3, 0.4) is 0 Å². The molecule has 1 aromatic carbocycles. The number of amides is 2. The third kappa shape index (κ3) is 3.91. The number of urea groups is 1. The molecule has 1 fully saturated rings. The van der Waals surface area contributed by atoms with Gasteiger partial charge in [-0.2, -0.15) is 0 Å². The fourth-order valence-electron chi connectivity index (χ4n) is 2.19. The average Bonchev–Trinajstić information content (AvgIpc) is 2.84. The summed E-state index contributed by atoms with van der Waals surface area (Å²) in [6.45, 7) is 3.03. The summed E-state index contributed by atoms with van der Waals surface area (Å²) in [5.41, 5.74) is -0.257. The maximum absolute atomic E-state index is 13.5. The number of carbonyl (C=O) groups excluding carboxylic acids is 1. The summed E-state index contributed by atoms with van der Waals surface area (Å²) in [5.74, 6) is -1.64. The highest BCUT2D eigenvalue weighted by atomic mass is 19.1. The molecule has 0 bridgehead atoms. The summed E-state index contributed by atoms with van der Waals surface area (Å²) in [5, 5.41) is 13.8. The molecule has 7 heteroatoms. The summed E-state index contributed by atoms with van der Waals surface area (Å²) >= 11 is 0. The van der Waals surface area contributed by atoms with Crippen LogP contribution < -0.4 is 10.6 Å². The van der Waals surface area contributed by atoms with Gasteiger partial charge in [0.05, 0.1) is 17.4 Å². The molecule has 1 heterocycles. The van der Waals surface area contributed by atoms with E-state index in [0.29, 0.717) is 13.2 Å². The predicted molar refractivity (Wildman–Crippen MR) is 73.9 cm³/mol. The van der Waals surface area contributed by atoms with Crippen LogP contribution in [0.2, 0.25) is 0 Å². The summed E-state index contributed by atoms with van der Waals surface area (Å²) in [6.07, 6.45) is 0.946. The molecule has 114 valence electrons. The predicted octanol–water partition coefficient (Wildman–Crippen LogP) is 2.07. The normalized spacial score (nSPS) is 21.0. The summed E-state index contributed by atoms with van der Waals surface area (Å²) < 4.78 is 18.9. The molecule has 2 rings (SSSR count). The quantitative estimate of drug-likeness (QED) is 0.793. The molecule has 2 atom stereocenters. The molecule has 21 heavy (non-hydrogen) atoms. The number of carbonyl (C=O) groups is 2. The van der Waals surface area contributed by atoms with Crippen molar-refractivity contribution < 1.29 is 23.8 Å². The van der Waals surface area contributed by atoms with E-state index in [1.54, 1.807) is 0 Å². The van der Waals surface area contributed by atoms with Gasteiger partial charge in [-0.15, -0.1) is 0 Å². The van der Waals surface area contributed by atoms with Crippen molar-refractivity contribution in [2.75, 3.05) is 18.5 Å². The molecule has 3 N–H and O–H groups in total. The zero-order chi connectivity index (χ0) is 15.4. The molecule has 1 aliphatic rings. The van der Waals surface area contributed by atoms with Gasteiger partial charge >= 0.3 is 12.0 Å². The first-order valence-electron chi connectivity index (χ1n) is 6.66. The second-order valence-electron chi connectivity index (χ2n) is 4.96. The van der Waals surface area contributed by atoms with Crippen molar-refractivity contribution in [2.24, 2.45) is 5.92 Å². The summed E-state index contributed by atoms with van der Waals surface area (Å²) in [4.78, 5) is 22.6. The lowest BCUT2D eigenvalue weighted by Crippen LogP contribution is -2.35. The van der Waals surface area contributed by atoms with Gasteiger partial charge in [-0.3, -0.25) is 0 Å². The van der Waals surface area contributed by atoms with Gasteiger partial charge in [0, 0.05) is 19.1 Å². The molecule has 1 aromatic rings. The Morgan fingerprint density at radius 1 is 1.48 bits per heavy atom. The smallest absolute Gasteiger partial charge is 0.335 e. The third-order valence-electron chi connectivity index (χ3n) is 3.52. The molecule has 0 radical (unpaired) electrons. The Morgan fingerprint density at radius 2 is 2.24 bits per heavy atom. The van der Waals surface area contributed by atoms with Crippen molar-refractivity contribution in [3.63, 3.8) is 0 Å². The Balaban J connectivity index is 1.93. The second-order valence-corrected chi connectivity index (χ2v) is 4.96. The van der Waals surface area contributed by atoms with Crippen LogP contribution in [0.15, 0.2) is 18.2 Å². The van der Waals surface area contributed by atoms with Gasteiger partial charge in [0.2, 0.25) is 0 Å². The summed E-state index contributed by atoms with van der Waals surface area (Å²) in [6, 6.07) is 2.65. The lowest BCUT2D eigenvalue weighted by Gasteiger charge is -2.15. The van der Waals surface area contributed by atoms with E-state index in [1.807, 2.05) is 6.92 Å².